The van der Waals surface area contributed by atoms with Crippen molar-refractivity contribution in [3.63, 3.8) is 0 Å². The second kappa shape index (κ2) is 2.85. The van der Waals surface area contributed by atoms with Gasteiger partial charge in [0.2, 0.25) is 5.76 Å². The van der Waals surface area contributed by atoms with Crippen molar-refractivity contribution in [3.05, 3.63) is 28.6 Å². The van der Waals surface area contributed by atoms with E-state index in [9.17, 15) is 4.79 Å². The van der Waals surface area contributed by atoms with Crippen molar-refractivity contribution in [2.24, 2.45) is 0 Å². The van der Waals surface area contributed by atoms with Crippen molar-refractivity contribution in [2.75, 3.05) is 0 Å². The molecule has 0 amide bonds. The lowest BCUT2D eigenvalue weighted by molar-refractivity contribution is 0.0665. The Labute approximate surface area is 81.3 Å². The van der Waals surface area contributed by atoms with Crippen molar-refractivity contribution in [1.82, 2.24) is 4.98 Å². The summed E-state index contributed by atoms with van der Waals surface area (Å²) in [4.78, 5) is 14.5. The average molecular weight is 242 g/mol. The number of aromatic carboxylic acids is 1. The maximum Gasteiger partial charge on any atom is 0.371 e. The molecule has 2 aromatic rings. The molecule has 0 aliphatic rings. The van der Waals surface area contributed by atoms with E-state index in [1.807, 2.05) is 0 Å². The van der Waals surface area contributed by atoms with Crippen LogP contribution in [0.5, 0.6) is 0 Å². The number of carboxylic acid groups (broad SMARTS) is 1. The Hall–Kier alpha value is -1.36. The van der Waals surface area contributed by atoms with Gasteiger partial charge in [0.05, 0.1) is 0 Å². The Morgan fingerprint density at radius 2 is 2.31 bits per heavy atom. The first-order valence-electron chi connectivity index (χ1n) is 3.45. The second-order valence-corrected chi connectivity index (χ2v) is 3.37. The van der Waals surface area contributed by atoms with Gasteiger partial charge in [0, 0.05) is 16.7 Å². The van der Waals surface area contributed by atoms with E-state index < -0.39 is 5.97 Å². The van der Waals surface area contributed by atoms with Crippen LogP contribution in [0, 0.1) is 0 Å². The van der Waals surface area contributed by atoms with Crippen molar-refractivity contribution >= 4 is 33.0 Å². The highest BCUT2D eigenvalue weighted by Gasteiger charge is 2.10. The van der Waals surface area contributed by atoms with Gasteiger partial charge in [-0.2, -0.15) is 0 Å². The fourth-order valence-corrected chi connectivity index (χ4v) is 1.31. The number of aromatic nitrogens is 1. The number of nitrogens with zero attached hydrogens (tertiary/aromatic N) is 1. The van der Waals surface area contributed by atoms with Gasteiger partial charge >= 0.3 is 5.97 Å². The zero-order chi connectivity index (χ0) is 9.42. The van der Waals surface area contributed by atoms with Gasteiger partial charge in [-0.05, 0) is 22.0 Å². The monoisotopic (exact) mass is 241 g/mol. The van der Waals surface area contributed by atoms with Crippen LogP contribution in [0.2, 0.25) is 0 Å². The molecule has 0 radical (unpaired) electrons. The Morgan fingerprint density at radius 1 is 1.54 bits per heavy atom. The molecule has 0 aliphatic heterocycles. The van der Waals surface area contributed by atoms with Gasteiger partial charge in [-0.1, -0.05) is 0 Å². The molecule has 0 bridgehead atoms. The van der Waals surface area contributed by atoms with E-state index in [1.54, 1.807) is 12.3 Å². The third kappa shape index (κ3) is 1.42. The molecule has 2 aromatic heterocycles. The lowest BCUT2D eigenvalue weighted by Gasteiger charge is -1.87. The molecule has 0 saturated carbocycles. The third-order valence-electron chi connectivity index (χ3n) is 1.55. The Morgan fingerprint density at radius 3 is 3.00 bits per heavy atom. The summed E-state index contributed by atoms with van der Waals surface area (Å²) in [6.45, 7) is 0. The van der Waals surface area contributed by atoms with Crippen LogP contribution in [-0.2, 0) is 0 Å². The molecule has 4 nitrogen and oxygen atoms in total. The van der Waals surface area contributed by atoms with Crippen LogP contribution >= 0.6 is 15.9 Å². The lowest BCUT2D eigenvalue weighted by atomic mass is 10.4. The summed E-state index contributed by atoms with van der Waals surface area (Å²) >= 11 is 3.21. The van der Waals surface area contributed by atoms with Crippen molar-refractivity contribution in [1.29, 1.82) is 0 Å². The first-order valence-corrected chi connectivity index (χ1v) is 4.24. The number of halogens is 1. The van der Waals surface area contributed by atoms with E-state index in [1.165, 1.54) is 6.07 Å². The summed E-state index contributed by atoms with van der Waals surface area (Å²) in [5.74, 6) is -1.19. The van der Waals surface area contributed by atoms with Gasteiger partial charge in [-0.25, -0.2) is 4.79 Å². The summed E-state index contributed by atoms with van der Waals surface area (Å²) < 4.78 is 5.77. The van der Waals surface area contributed by atoms with Crippen LogP contribution in [-0.4, -0.2) is 16.1 Å². The van der Waals surface area contributed by atoms with Gasteiger partial charge in [0.15, 0.2) is 5.58 Å². The molecule has 0 aliphatic carbocycles. The molecule has 0 spiro atoms. The molecule has 0 atom stereocenters. The zero-order valence-electron chi connectivity index (χ0n) is 6.32. The quantitative estimate of drug-likeness (QED) is 0.833. The third-order valence-corrected chi connectivity index (χ3v) is 1.98. The topological polar surface area (TPSA) is 63.3 Å². The average Bonchev–Trinajstić information content (AvgIpc) is 2.46. The van der Waals surface area contributed by atoms with Crippen LogP contribution in [0.1, 0.15) is 10.6 Å². The predicted octanol–water partition coefficient (Wildman–Crippen LogP) is 2.29. The number of hydrogen-bond donors (Lipinski definition) is 1. The summed E-state index contributed by atoms with van der Waals surface area (Å²) in [7, 11) is 0. The molecular weight excluding hydrogens is 238 g/mol. The Bertz CT molecular complexity index is 477. The molecule has 2 heterocycles. The van der Waals surface area contributed by atoms with E-state index in [4.69, 9.17) is 9.52 Å². The van der Waals surface area contributed by atoms with Crippen molar-refractivity contribution < 1.29 is 14.3 Å². The van der Waals surface area contributed by atoms with Crippen LogP contribution in [0.25, 0.3) is 11.1 Å². The summed E-state index contributed by atoms with van der Waals surface area (Å²) in [5, 5.41) is 8.62. The number of pyridine rings is 1. The van der Waals surface area contributed by atoms with Gasteiger partial charge in [-0.3, -0.25) is 4.98 Å². The minimum Gasteiger partial charge on any atom is -0.475 e. The molecule has 0 saturated heterocycles. The molecule has 1 N–H and O–H groups in total. The fourth-order valence-electron chi connectivity index (χ4n) is 0.999. The van der Waals surface area contributed by atoms with Crippen LogP contribution in [0.3, 0.4) is 0 Å². The maximum atomic E-state index is 10.5. The van der Waals surface area contributed by atoms with Crippen molar-refractivity contribution in [3.8, 4) is 0 Å². The minimum absolute atomic E-state index is 0.0967. The van der Waals surface area contributed by atoms with Crippen LogP contribution < -0.4 is 0 Å². The fraction of sp³-hybridized carbons (Fsp3) is 0. The first-order chi connectivity index (χ1) is 6.16. The molecule has 0 fully saturated rings. The molecular formula is C8H4BrNO3. The molecule has 5 heteroatoms. The van der Waals surface area contributed by atoms with E-state index in [0.717, 1.165) is 4.47 Å². The SMILES string of the molecule is O=C(O)c1cc2ncc(Br)cc2o1. The molecule has 0 aromatic carbocycles. The van der Waals surface area contributed by atoms with Gasteiger partial charge in [0.1, 0.15) is 5.52 Å². The molecule has 13 heavy (non-hydrogen) atoms. The first kappa shape index (κ1) is 8.25. The zero-order valence-corrected chi connectivity index (χ0v) is 7.91. The standard InChI is InChI=1S/C8H4BrNO3/c9-4-1-6-5(10-3-4)2-7(13-6)8(11)12/h1-3H,(H,11,12). The van der Waals surface area contributed by atoms with Crippen LogP contribution in [0.4, 0.5) is 0 Å². The number of hydrogen-bond acceptors (Lipinski definition) is 3. The highest BCUT2D eigenvalue weighted by Crippen LogP contribution is 2.20. The van der Waals surface area contributed by atoms with Gasteiger partial charge in [-0.15, -0.1) is 0 Å². The number of furan rings is 1. The lowest BCUT2D eigenvalue weighted by Crippen LogP contribution is -1.91. The van der Waals surface area contributed by atoms with E-state index in [0.29, 0.717) is 11.1 Å². The largest absolute Gasteiger partial charge is 0.475 e. The minimum atomic E-state index is -1.09. The molecule has 2 rings (SSSR count). The van der Waals surface area contributed by atoms with Gasteiger partial charge < -0.3 is 9.52 Å². The summed E-state index contributed by atoms with van der Waals surface area (Å²) in [6, 6.07) is 3.07. The second-order valence-electron chi connectivity index (χ2n) is 2.45. The highest BCUT2D eigenvalue weighted by atomic mass is 79.9. The number of carbonyl (C=O) groups is 1. The highest BCUT2D eigenvalue weighted by molar-refractivity contribution is 9.10. The normalized spacial score (nSPS) is 10.5. The van der Waals surface area contributed by atoms with Crippen LogP contribution in [0.15, 0.2) is 27.2 Å². The predicted molar refractivity (Wildman–Crippen MR) is 48.7 cm³/mol. The van der Waals surface area contributed by atoms with E-state index in [2.05, 4.69) is 20.9 Å². The molecule has 66 valence electrons. The number of carboxylic acids is 1. The molecule has 0 unspecified atom stereocenters. The number of fused-ring (bicyclic) bond motifs is 1. The summed E-state index contributed by atoms with van der Waals surface area (Å²) in [5.41, 5.74) is 1.01. The summed E-state index contributed by atoms with van der Waals surface area (Å²) in [6.07, 6.45) is 1.59. The van der Waals surface area contributed by atoms with E-state index >= 15 is 0 Å². The maximum absolute atomic E-state index is 10.5. The Kier molecular flexibility index (Phi) is 1.81. The smallest absolute Gasteiger partial charge is 0.371 e. The van der Waals surface area contributed by atoms with Gasteiger partial charge in [0.25, 0.3) is 0 Å². The van der Waals surface area contributed by atoms with Crippen molar-refractivity contribution in [2.45, 2.75) is 0 Å². The number of rotatable bonds is 1. The Balaban J connectivity index is 2.68. The van der Waals surface area contributed by atoms with E-state index in [-0.39, 0.29) is 5.76 Å².